The van der Waals surface area contributed by atoms with Crippen molar-refractivity contribution in [1.29, 1.82) is 0 Å². The predicted molar refractivity (Wildman–Crippen MR) is 97.5 cm³/mol. The lowest BCUT2D eigenvalue weighted by molar-refractivity contribution is 0.0860. The summed E-state index contributed by atoms with van der Waals surface area (Å²) in [5, 5.41) is 1.64. The van der Waals surface area contributed by atoms with Gasteiger partial charge in [0.05, 0.1) is 16.6 Å². The number of hydrogen-bond acceptors (Lipinski definition) is 3. The number of hydrogen-bond donors (Lipinski definition) is 0. The number of amidine groups is 1. The second-order valence-corrected chi connectivity index (χ2v) is 6.93. The Morgan fingerprint density at radius 1 is 1.21 bits per heavy atom. The Hall–Kier alpha value is -1.56. The van der Waals surface area contributed by atoms with Crippen molar-refractivity contribution in [3.8, 4) is 0 Å². The maximum atomic E-state index is 13.3. The van der Waals surface area contributed by atoms with Crippen molar-refractivity contribution >= 4 is 46.0 Å². The summed E-state index contributed by atoms with van der Waals surface area (Å²) >= 11 is 13.4. The van der Waals surface area contributed by atoms with E-state index >= 15 is 0 Å². The molecule has 3 rings (SSSR count). The lowest BCUT2D eigenvalue weighted by atomic mass is 10.2. The lowest BCUT2D eigenvalue weighted by Crippen LogP contribution is -2.32. The van der Waals surface area contributed by atoms with Gasteiger partial charge in [-0.2, -0.15) is 0 Å². The highest BCUT2D eigenvalue weighted by Crippen LogP contribution is 2.26. The minimum atomic E-state index is -0.429. The molecule has 1 aliphatic rings. The van der Waals surface area contributed by atoms with Crippen molar-refractivity contribution < 1.29 is 9.18 Å². The summed E-state index contributed by atoms with van der Waals surface area (Å²) in [6, 6.07) is 11.1. The molecular weight excluding hydrogens is 370 g/mol. The van der Waals surface area contributed by atoms with Crippen molar-refractivity contribution in [3.05, 3.63) is 69.5 Å². The number of aliphatic imine (C=N–C) groups is 1. The minimum absolute atomic E-state index is 0.243. The van der Waals surface area contributed by atoms with Gasteiger partial charge in [0.2, 0.25) is 0 Å². The summed E-state index contributed by atoms with van der Waals surface area (Å²) in [5.74, 6) is -0.0581. The van der Waals surface area contributed by atoms with Crippen molar-refractivity contribution in [2.24, 2.45) is 4.99 Å². The topological polar surface area (TPSA) is 32.7 Å². The minimum Gasteiger partial charge on any atom is -0.286 e. The third-order valence-electron chi connectivity index (χ3n) is 3.47. The van der Waals surface area contributed by atoms with Crippen molar-refractivity contribution in [3.63, 3.8) is 0 Å². The summed E-state index contributed by atoms with van der Waals surface area (Å²) in [6.07, 6.45) is 0. The number of nitrogens with zero attached hydrogens (tertiary/aromatic N) is 2. The van der Waals surface area contributed by atoms with Gasteiger partial charge in [-0.1, -0.05) is 47.1 Å². The van der Waals surface area contributed by atoms with Gasteiger partial charge >= 0.3 is 0 Å². The molecule has 1 amide bonds. The van der Waals surface area contributed by atoms with Gasteiger partial charge in [0.25, 0.3) is 5.91 Å². The van der Waals surface area contributed by atoms with Gasteiger partial charge in [-0.25, -0.2) is 4.39 Å². The van der Waals surface area contributed by atoms with Crippen LogP contribution in [0.3, 0.4) is 0 Å². The van der Waals surface area contributed by atoms with E-state index in [1.165, 1.54) is 30.0 Å². The quantitative estimate of drug-likeness (QED) is 0.757. The highest BCUT2D eigenvalue weighted by molar-refractivity contribution is 8.13. The zero-order valence-electron chi connectivity index (χ0n) is 12.5. The average Bonchev–Trinajstić information content (AvgIpc) is 3.04. The van der Waals surface area contributed by atoms with Gasteiger partial charge in [0, 0.05) is 17.9 Å². The van der Waals surface area contributed by atoms with Crippen LogP contribution in [0.1, 0.15) is 15.9 Å². The van der Waals surface area contributed by atoms with Gasteiger partial charge in [-0.15, -0.1) is 0 Å². The van der Waals surface area contributed by atoms with Crippen LogP contribution in [0.5, 0.6) is 0 Å². The summed E-state index contributed by atoms with van der Waals surface area (Å²) < 4.78 is 13.3. The lowest BCUT2D eigenvalue weighted by Gasteiger charge is -2.18. The maximum absolute atomic E-state index is 13.3. The van der Waals surface area contributed by atoms with Gasteiger partial charge in [0.15, 0.2) is 5.17 Å². The third kappa shape index (κ3) is 3.91. The van der Waals surface area contributed by atoms with Crippen LogP contribution in [0.15, 0.2) is 47.5 Å². The molecule has 1 aliphatic heterocycles. The van der Waals surface area contributed by atoms with Gasteiger partial charge in [-0.3, -0.25) is 14.7 Å². The molecule has 0 saturated carbocycles. The van der Waals surface area contributed by atoms with Crippen LogP contribution in [0.2, 0.25) is 10.0 Å². The number of rotatable bonds is 3. The smallest absolute Gasteiger partial charge is 0.259 e. The molecule has 7 heteroatoms. The summed E-state index contributed by atoms with van der Waals surface area (Å²) in [7, 11) is 0. The highest BCUT2D eigenvalue weighted by atomic mass is 35.5. The molecule has 124 valence electrons. The number of thioether (sulfide) groups is 1. The fourth-order valence-electron chi connectivity index (χ4n) is 2.29. The average molecular weight is 383 g/mol. The van der Waals surface area contributed by atoms with Crippen LogP contribution < -0.4 is 0 Å². The van der Waals surface area contributed by atoms with E-state index in [1.807, 2.05) is 6.07 Å². The Bertz CT molecular complexity index is 813. The molecule has 0 N–H and O–H groups in total. The fraction of sp³-hybridized carbons (Fsp3) is 0.176. The Morgan fingerprint density at radius 2 is 2.04 bits per heavy atom. The van der Waals surface area contributed by atoms with Crippen molar-refractivity contribution in [2.75, 3.05) is 13.1 Å². The highest BCUT2D eigenvalue weighted by Gasteiger charge is 2.25. The molecule has 0 unspecified atom stereocenters. The summed E-state index contributed by atoms with van der Waals surface area (Å²) in [4.78, 5) is 18.5. The van der Waals surface area contributed by atoms with Crippen LogP contribution in [0.4, 0.5) is 4.39 Å². The number of benzene rings is 2. The zero-order valence-corrected chi connectivity index (χ0v) is 14.8. The molecule has 2 aromatic carbocycles. The SMILES string of the molecule is O=C(c1cccc(F)c1)N1CCN=C1SCc1ccc(Cl)c(Cl)c1. The molecule has 0 fully saturated rings. The molecular formula is C17H13Cl2FN2OS. The van der Waals surface area contributed by atoms with E-state index in [1.54, 1.807) is 23.1 Å². The second kappa shape index (κ2) is 7.55. The van der Waals surface area contributed by atoms with E-state index in [9.17, 15) is 9.18 Å². The molecule has 2 aromatic rings. The van der Waals surface area contributed by atoms with Gasteiger partial charge in [-0.05, 0) is 35.9 Å². The van der Waals surface area contributed by atoms with E-state index in [2.05, 4.69) is 4.99 Å². The first kappa shape index (κ1) is 17.3. The Morgan fingerprint density at radius 3 is 2.79 bits per heavy atom. The molecule has 0 bridgehead atoms. The Balaban J connectivity index is 1.69. The first-order valence-corrected chi connectivity index (χ1v) is 8.97. The monoisotopic (exact) mass is 382 g/mol. The molecule has 0 spiro atoms. The van der Waals surface area contributed by atoms with Gasteiger partial charge in [0.1, 0.15) is 5.82 Å². The second-order valence-electron chi connectivity index (χ2n) is 5.17. The predicted octanol–water partition coefficient (Wildman–Crippen LogP) is 4.88. The first-order chi connectivity index (χ1) is 11.5. The third-order valence-corrected chi connectivity index (χ3v) is 5.29. The van der Waals surface area contributed by atoms with Crippen molar-refractivity contribution in [1.82, 2.24) is 4.90 Å². The summed E-state index contributed by atoms with van der Waals surface area (Å²) in [5.41, 5.74) is 1.31. The normalized spacial score (nSPS) is 14.0. The maximum Gasteiger partial charge on any atom is 0.259 e. The van der Waals surface area contributed by atoms with E-state index in [4.69, 9.17) is 23.2 Å². The molecule has 0 atom stereocenters. The zero-order chi connectivity index (χ0) is 17.1. The Kier molecular flexibility index (Phi) is 5.43. The van der Waals surface area contributed by atoms with Crippen LogP contribution in [-0.4, -0.2) is 29.1 Å². The molecule has 1 heterocycles. The fourth-order valence-corrected chi connectivity index (χ4v) is 3.60. The standard InChI is InChI=1S/C17H13Cl2FN2OS/c18-14-5-4-11(8-15(14)19)10-24-17-21-6-7-22(17)16(23)12-2-1-3-13(20)9-12/h1-5,8-9H,6-7,10H2. The number of carbonyl (C=O) groups is 1. The molecule has 0 saturated heterocycles. The van der Waals surface area contributed by atoms with E-state index in [-0.39, 0.29) is 5.91 Å². The largest absolute Gasteiger partial charge is 0.286 e. The van der Waals surface area contributed by atoms with E-state index in [0.717, 1.165) is 5.56 Å². The number of halogens is 3. The molecule has 0 aliphatic carbocycles. The van der Waals surface area contributed by atoms with Crippen molar-refractivity contribution in [2.45, 2.75) is 5.75 Å². The Labute approximate surface area is 153 Å². The molecule has 24 heavy (non-hydrogen) atoms. The van der Waals surface area contributed by atoms with Crippen LogP contribution in [-0.2, 0) is 5.75 Å². The van der Waals surface area contributed by atoms with Crippen LogP contribution in [0.25, 0.3) is 0 Å². The molecule has 0 aromatic heterocycles. The first-order valence-electron chi connectivity index (χ1n) is 7.23. The van der Waals surface area contributed by atoms with E-state index < -0.39 is 5.82 Å². The number of amides is 1. The molecule has 0 radical (unpaired) electrons. The van der Waals surface area contributed by atoms with Crippen LogP contribution >= 0.6 is 35.0 Å². The van der Waals surface area contributed by atoms with E-state index in [0.29, 0.717) is 39.6 Å². The summed E-state index contributed by atoms with van der Waals surface area (Å²) in [6.45, 7) is 1.05. The molecule has 3 nitrogen and oxygen atoms in total. The number of carbonyl (C=O) groups excluding carboxylic acids is 1. The van der Waals surface area contributed by atoms with Gasteiger partial charge < -0.3 is 0 Å². The van der Waals surface area contributed by atoms with Crippen LogP contribution in [0, 0.1) is 5.82 Å².